The molecule has 0 bridgehead atoms. The molecule has 0 aliphatic rings. The van der Waals surface area contributed by atoms with Gasteiger partial charge in [-0.05, 0) is 31.0 Å². The van der Waals surface area contributed by atoms with Crippen molar-refractivity contribution in [3.63, 3.8) is 0 Å². The molecule has 2 rings (SSSR count). The number of carbonyl (C=O) groups excluding carboxylic acids is 2. The molecule has 21 heavy (non-hydrogen) atoms. The van der Waals surface area contributed by atoms with Crippen molar-refractivity contribution < 1.29 is 18.7 Å². The highest BCUT2D eigenvalue weighted by molar-refractivity contribution is 5.96. The smallest absolute Gasteiger partial charge is 0.342 e. The van der Waals surface area contributed by atoms with E-state index in [0.29, 0.717) is 11.3 Å². The number of aryl methyl sites for hydroxylation is 2. The fourth-order valence-electron chi connectivity index (χ4n) is 1.94. The van der Waals surface area contributed by atoms with Gasteiger partial charge in [0.1, 0.15) is 11.3 Å². The van der Waals surface area contributed by atoms with Crippen molar-refractivity contribution in [2.24, 2.45) is 0 Å². The van der Waals surface area contributed by atoms with Crippen LogP contribution < -0.4 is 5.32 Å². The number of anilines is 1. The standard InChI is InChI=1S/C16H17NO4/c1-3-12-6-4-5-7-14(12)17-15(18)10-21-16(19)13-8-9-20-11(13)2/h4-9H,3,10H2,1-2H3,(H,17,18). The van der Waals surface area contributed by atoms with Gasteiger partial charge in [0.25, 0.3) is 5.91 Å². The summed E-state index contributed by atoms with van der Waals surface area (Å²) in [5.41, 5.74) is 2.10. The minimum Gasteiger partial charge on any atom is -0.469 e. The van der Waals surface area contributed by atoms with Crippen molar-refractivity contribution in [3.05, 3.63) is 53.5 Å². The maximum absolute atomic E-state index is 11.8. The summed E-state index contributed by atoms with van der Waals surface area (Å²) in [5, 5.41) is 2.74. The topological polar surface area (TPSA) is 68.5 Å². The Labute approximate surface area is 122 Å². The Balaban J connectivity index is 1.91. The van der Waals surface area contributed by atoms with Crippen LogP contribution in [0.2, 0.25) is 0 Å². The predicted octanol–water partition coefficient (Wildman–Crippen LogP) is 2.95. The van der Waals surface area contributed by atoms with Crippen molar-refractivity contribution in [1.82, 2.24) is 0 Å². The number of rotatable bonds is 5. The number of amides is 1. The quantitative estimate of drug-likeness (QED) is 0.858. The molecule has 0 spiro atoms. The second kappa shape index (κ2) is 6.74. The Hall–Kier alpha value is -2.56. The minimum absolute atomic E-state index is 0.330. The van der Waals surface area contributed by atoms with E-state index < -0.39 is 5.97 Å². The second-order valence-corrected chi connectivity index (χ2v) is 4.53. The molecule has 1 amide bonds. The van der Waals surface area contributed by atoms with Gasteiger partial charge >= 0.3 is 5.97 Å². The normalized spacial score (nSPS) is 10.2. The molecule has 5 nitrogen and oxygen atoms in total. The van der Waals surface area contributed by atoms with E-state index in [1.165, 1.54) is 12.3 Å². The Morgan fingerprint density at radius 3 is 2.67 bits per heavy atom. The lowest BCUT2D eigenvalue weighted by molar-refractivity contribution is -0.119. The zero-order chi connectivity index (χ0) is 15.2. The van der Waals surface area contributed by atoms with Gasteiger partial charge in [-0.25, -0.2) is 4.79 Å². The molecule has 0 aliphatic heterocycles. The SMILES string of the molecule is CCc1ccccc1NC(=O)COC(=O)c1ccoc1C. The average molecular weight is 287 g/mol. The number of esters is 1. The summed E-state index contributed by atoms with van der Waals surface area (Å²) in [4.78, 5) is 23.6. The second-order valence-electron chi connectivity index (χ2n) is 4.53. The molecule has 110 valence electrons. The first-order chi connectivity index (χ1) is 10.1. The first kappa shape index (κ1) is 14.8. The highest BCUT2D eigenvalue weighted by Crippen LogP contribution is 2.15. The van der Waals surface area contributed by atoms with Crippen molar-refractivity contribution in [1.29, 1.82) is 0 Å². The van der Waals surface area contributed by atoms with E-state index >= 15 is 0 Å². The van der Waals surface area contributed by atoms with Gasteiger partial charge in [0.15, 0.2) is 6.61 Å². The number of nitrogens with one attached hydrogen (secondary N) is 1. The number of para-hydroxylation sites is 1. The minimum atomic E-state index is -0.569. The fourth-order valence-corrected chi connectivity index (χ4v) is 1.94. The van der Waals surface area contributed by atoms with Gasteiger partial charge in [-0.1, -0.05) is 25.1 Å². The molecule has 1 aromatic heterocycles. The molecule has 0 atom stereocenters. The van der Waals surface area contributed by atoms with Gasteiger partial charge in [-0.3, -0.25) is 4.79 Å². The van der Waals surface area contributed by atoms with Crippen LogP contribution in [0.3, 0.4) is 0 Å². The highest BCUT2D eigenvalue weighted by Gasteiger charge is 2.15. The number of ether oxygens (including phenoxy) is 1. The average Bonchev–Trinajstić information content (AvgIpc) is 2.91. The number of carbonyl (C=O) groups is 2. The van der Waals surface area contributed by atoms with E-state index in [2.05, 4.69) is 5.32 Å². The third kappa shape index (κ3) is 3.72. The van der Waals surface area contributed by atoms with Gasteiger partial charge in [-0.15, -0.1) is 0 Å². The van der Waals surface area contributed by atoms with Gasteiger partial charge in [-0.2, -0.15) is 0 Å². The molecule has 0 fully saturated rings. The third-order valence-corrected chi connectivity index (χ3v) is 3.09. The molecule has 0 radical (unpaired) electrons. The summed E-state index contributed by atoms with van der Waals surface area (Å²) in [7, 11) is 0. The molecule has 1 N–H and O–H groups in total. The van der Waals surface area contributed by atoms with Crippen molar-refractivity contribution in [2.45, 2.75) is 20.3 Å². The molecule has 5 heteroatoms. The largest absolute Gasteiger partial charge is 0.469 e. The van der Waals surface area contributed by atoms with Crippen molar-refractivity contribution in [2.75, 3.05) is 11.9 Å². The number of hydrogen-bond donors (Lipinski definition) is 1. The Morgan fingerprint density at radius 2 is 2.00 bits per heavy atom. The highest BCUT2D eigenvalue weighted by atomic mass is 16.5. The van der Waals surface area contributed by atoms with E-state index in [-0.39, 0.29) is 12.5 Å². The summed E-state index contributed by atoms with van der Waals surface area (Å²) in [6.45, 7) is 3.34. The lowest BCUT2D eigenvalue weighted by atomic mass is 10.1. The van der Waals surface area contributed by atoms with Crippen LogP contribution in [0.1, 0.15) is 28.6 Å². The summed E-state index contributed by atoms with van der Waals surface area (Å²) in [6, 6.07) is 9.03. The van der Waals surface area contributed by atoms with E-state index in [0.717, 1.165) is 17.7 Å². The molecule has 0 saturated carbocycles. The number of benzene rings is 1. The van der Waals surface area contributed by atoms with Crippen LogP contribution in [0.25, 0.3) is 0 Å². The number of hydrogen-bond acceptors (Lipinski definition) is 4. The van der Waals surface area contributed by atoms with Crippen LogP contribution in [0.15, 0.2) is 41.0 Å². The van der Waals surface area contributed by atoms with Gasteiger partial charge in [0.05, 0.1) is 6.26 Å². The summed E-state index contributed by atoms with van der Waals surface area (Å²) in [5.74, 6) is -0.470. The lowest BCUT2D eigenvalue weighted by Gasteiger charge is -2.09. The van der Waals surface area contributed by atoms with Crippen LogP contribution in [-0.4, -0.2) is 18.5 Å². The van der Waals surface area contributed by atoms with E-state index in [9.17, 15) is 9.59 Å². The van der Waals surface area contributed by atoms with E-state index in [1.54, 1.807) is 6.92 Å². The van der Waals surface area contributed by atoms with E-state index in [4.69, 9.17) is 9.15 Å². The first-order valence-corrected chi connectivity index (χ1v) is 6.70. The van der Waals surface area contributed by atoms with Crippen molar-refractivity contribution >= 4 is 17.6 Å². The maximum atomic E-state index is 11.8. The van der Waals surface area contributed by atoms with Crippen LogP contribution in [0, 0.1) is 6.92 Å². The molecule has 1 heterocycles. The van der Waals surface area contributed by atoms with Crippen molar-refractivity contribution in [3.8, 4) is 0 Å². The predicted molar refractivity (Wildman–Crippen MR) is 78.2 cm³/mol. The van der Waals surface area contributed by atoms with Gasteiger partial charge in [0.2, 0.25) is 0 Å². The molecular formula is C16H17NO4. The molecular weight excluding hydrogens is 270 g/mol. The third-order valence-electron chi connectivity index (χ3n) is 3.09. The van der Waals surface area contributed by atoms with Crippen LogP contribution in [0.5, 0.6) is 0 Å². The molecule has 0 unspecified atom stereocenters. The van der Waals surface area contributed by atoms with Gasteiger partial charge < -0.3 is 14.5 Å². The summed E-state index contributed by atoms with van der Waals surface area (Å²) < 4.78 is 9.98. The van der Waals surface area contributed by atoms with Crippen LogP contribution in [0.4, 0.5) is 5.69 Å². The molecule has 0 saturated heterocycles. The monoisotopic (exact) mass is 287 g/mol. The Kier molecular flexibility index (Phi) is 4.77. The summed E-state index contributed by atoms with van der Waals surface area (Å²) >= 11 is 0. The molecule has 1 aromatic carbocycles. The van der Waals surface area contributed by atoms with E-state index in [1.807, 2.05) is 31.2 Å². The zero-order valence-corrected chi connectivity index (χ0v) is 12.0. The van der Waals surface area contributed by atoms with Crippen LogP contribution in [-0.2, 0) is 16.0 Å². The number of furan rings is 1. The Bertz CT molecular complexity index is 645. The zero-order valence-electron chi connectivity index (χ0n) is 12.0. The molecule has 2 aromatic rings. The molecule has 0 aliphatic carbocycles. The van der Waals surface area contributed by atoms with Crippen LogP contribution >= 0.6 is 0 Å². The van der Waals surface area contributed by atoms with Gasteiger partial charge in [0, 0.05) is 5.69 Å². The first-order valence-electron chi connectivity index (χ1n) is 6.70. The summed E-state index contributed by atoms with van der Waals surface area (Å²) in [6.07, 6.45) is 2.22. The fraction of sp³-hybridized carbons (Fsp3) is 0.250. The Morgan fingerprint density at radius 1 is 1.24 bits per heavy atom. The lowest BCUT2D eigenvalue weighted by Crippen LogP contribution is -2.21. The maximum Gasteiger partial charge on any atom is 0.342 e.